The van der Waals surface area contributed by atoms with Gasteiger partial charge in [-0.1, -0.05) is 6.07 Å². The maximum atomic E-state index is 11.7. The molecular weight excluding hydrogens is 216 g/mol. The van der Waals surface area contributed by atoms with Crippen LogP contribution in [0, 0.1) is 11.3 Å². The summed E-state index contributed by atoms with van der Waals surface area (Å²) < 4.78 is 0. The first kappa shape index (κ1) is 11.4. The molecule has 1 amide bonds. The molecule has 0 bridgehead atoms. The number of nitrogens with zero attached hydrogens (tertiary/aromatic N) is 3. The molecule has 0 atom stereocenters. The van der Waals surface area contributed by atoms with Crippen molar-refractivity contribution in [1.82, 2.24) is 9.88 Å². The molecule has 0 unspecified atom stereocenters. The molecule has 2 rings (SSSR count). The Kier molecular flexibility index (Phi) is 3.55. The molecule has 1 N–H and O–H groups in total. The van der Waals surface area contributed by atoms with Crippen LogP contribution in [0.15, 0.2) is 18.2 Å². The van der Waals surface area contributed by atoms with Gasteiger partial charge in [0.15, 0.2) is 0 Å². The van der Waals surface area contributed by atoms with Gasteiger partial charge in [-0.25, -0.2) is 4.98 Å². The van der Waals surface area contributed by atoms with Crippen molar-refractivity contribution in [3.63, 3.8) is 0 Å². The minimum absolute atomic E-state index is 0.0895. The van der Waals surface area contributed by atoms with Gasteiger partial charge >= 0.3 is 0 Å². The van der Waals surface area contributed by atoms with Gasteiger partial charge in [-0.3, -0.25) is 4.79 Å². The lowest BCUT2D eigenvalue weighted by molar-refractivity contribution is -0.128. The van der Waals surface area contributed by atoms with Crippen LogP contribution >= 0.6 is 0 Å². The lowest BCUT2D eigenvalue weighted by Gasteiger charge is -2.15. The van der Waals surface area contributed by atoms with E-state index in [0.29, 0.717) is 11.5 Å². The Balaban J connectivity index is 1.88. The van der Waals surface area contributed by atoms with Crippen molar-refractivity contribution in [2.75, 3.05) is 25.0 Å². The zero-order valence-corrected chi connectivity index (χ0v) is 9.52. The van der Waals surface area contributed by atoms with Gasteiger partial charge < -0.3 is 10.2 Å². The molecule has 17 heavy (non-hydrogen) atoms. The number of carbonyl (C=O) groups is 1. The number of hydrogen-bond acceptors (Lipinski definition) is 4. The van der Waals surface area contributed by atoms with E-state index in [0.717, 1.165) is 25.9 Å². The molecule has 1 aliphatic rings. The summed E-state index contributed by atoms with van der Waals surface area (Å²) in [5, 5.41) is 11.6. The quantitative estimate of drug-likeness (QED) is 0.840. The first-order valence-electron chi connectivity index (χ1n) is 5.68. The van der Waals surface area contributed by atoms with Gasteiger partial charge in [-0.15, -0.1) is 0 Å². The maximum absolute atomic E-state index is 11.7. The summed E-state index contributed by atoms with van der Waals surface area (Å²) in [7, 11) is 0. The second-order valence-corrected chi connectivity index (χ2v) is 3.96. The smallest absolute Gasteiger partial charge is 0.241 e. The molecule has 2 heterocycles. The van der Waals surface area contributed by atoms with Gasteiger partial charge in [0, 0.05) is 13.1 Å². The molecule has 1 aliphatic heterocycles. The minimum Gasteiger partial charge on any atom is -0.361 e. The van der Waals surface area contributed by atoms with Gasteiger partial charge in [0.2, 0.25) is 5.91 Å². The van der Waals surface area contributed by atoms with E-state index >= 15 is 0 Å². The second kappa shape index (κ2) is 5.30. The zero-order chi connectivity index (χ0) is 12.1. The summed E-state index contributed by atoms with van der Waals surface area (Å²) in [5.74, 6) is 0.656. The summed E-state index contributed by atoms with van der Waals surface area (Å²) in [4.78, 5) is 17.6. The number of rotatable bonds is 3. The van der Waals surface area contributed by atoms with Crippen LogP contribution in [-0.2, 0) is 4.79 Å². The summed E-state index contributed by atoms with van der Waals surface area (Å²) in [6.45, 7) is 1.94. The second-order valence-electron chi connectivity index (χ2n) is 3.96. The number of pyridine rings is 1. The third kappa shape index (κ3) is 2.94. The molecule has 1 saturated heterocycles. The summed E-state index contributed by atoms with van der Waals surface area (Å²) in [5.41, 5.74) is 0.351. The number of amides is 1. The summed E-state index contributed by atoms with van der Waals surface area (Å²) >= 11 is 0. The van der Waals surface area contributed by atoms with Gasteiger partial charge in [0.25, 0.3) is 0 Å². The lowest BCUT2D eigenvalue weighted by Crippen LogP contribution is -2.33. The van der Waals surface area contributed by atoms with Crippen molar-refractivity contribution in [3.05, 3.63) is 23.9 Å². The number of aromatic nitrogens is 1. The first-order valence-corrected chi connectivity index (χ1v) is 5.68. The molecule has 0 aliphatic carbocycles. The minimum atomic E-state index is 0.0895. The highest BCUT2D eigenvalue weighted by Gasteiger charge is 2.17. The van der Waals surface area contributed by atoms with E-state index in [1.165, 1.54) is 0 Å². The fraction of sp³-hybridized carbons (Fsp3) is 0.417. The number of carbonyl (C=O) groups excluding carboxylic acids is 1. The van der Waals surface area contributed by atoms with Gasteiger partial charge in [0.1, 0.15) is 17.6 Å². The number of nitriles is 1. The predicted octanol–water partition coefficient (Wildman–Crippen LogP) is 0.988. The Labute approximate surface area is 100 Å². The largest absolute Gasteiger partial charge is 0.361 e. The van der Waals surface area contributed by atoms with Crippen LogP contribution in [0.25, 0.3) is 0 Å². The summed E-state index contributed by atoms with van der Waals surface area (Å²) in [6, 6.07) is 7.09. The predicted molar refractivity (Wildman–Crippen MR) is 63.3 cm³/mol. The van der Waals surface area contributed by atoms with E-state index in [1.54, 1.807) is 18.2 Å². The Morgan fingerprint density at radius 3 is 2.94 bits per heavy atom. The molecule has 0 radical (unpaired) electrons. The van der Waals surface area contributed by atoms with Gasteiger partial charge in [0.05, 0.1) is 6.54 Å². The highest BCUT2D eigenvalue weighted by molar-refractivity contribution is 5.80. The number of anilines is 1. The van der Waals surface area contributed by atoms with Crippen molar-refractivity contribution in [3.8, 4) is 6.07 Å². The highest BCUT2D eigenvalue weighted by atomic mass is 16.2. The highest BCUT2D eigenvalue weighted by Crippen LogP contribution is 2.08. The lowest BCUT2D eigenvalue weighted by atomic mass is 10.3. The Bertz CT molecular complexity index is 446. The Morgan fingerprint density at radius 2 is 2.24 bits per heavy atom. The van der Waals surface area contributed by atoms with E-state index in [9.17, 15) is 4.79 Å². The normalized spacial score (nSPS) is 14.4. The van der Waals surface area contributed by atoms with E-state index in [2.05, 4.69) is 10.3 Å². The van der Waals surface area contributed by atoms with E-state index in [4.69, 9.17) is 5.26 Å². The molecule has 88 valence electrons. The average molecular weight is 230 g/mol. The average Bonchev–Trinajstić information content (AvgIpc) is 2.90. The fourth-order valence-electron chi connectivity index (χ4n) is 1.84. The molecule has 5 heteroatoms. The summed E-state index contributed by atoms with van der Waals surface area (Å²) in [6.07, 6.45) is 2.18. The molecule has 5 nitrogen and oxygen atoms in total. The Hall–Kier alpha value is -2.09. The number of likely N-dealkylation sites (tertiary alicyclic amines) is 1. The fourth-order valence-corrected chi connectivity index (χ4v) is 1.84. The molecule has 0 saturated carbocycles. The van der Waals surface area contributed by atoms with Crippen LogP contribution < -0.4 is 5.32 Å². The zero-order valence-electron chi connectivity index (χ0n) is 9.52. The molecule has 1 aromatic rings. The van der Waals surface area contributed by atoms with Crippen molar-refractivity contribution >= 4 is 11.7 Å². The van der Waals surface area contributed by atoms with E-state index in [-0.39, 0.29) is 12.5 Å². The molecule has 1 aromatic heterocycles. The first-order chi connectivity index (χ1) is 8.29. The maximum Gasteiger partial charge on any atom is 0.241 e. The number of nitrogens with one attached hydrogen (secondary N) is 1. The van der Waals surface area contributed by atoms with E-state index in [1.807, 2.05) is 11.0 Å². The van der Waals surface area contributed by atoms with Crippen LogP contribution in [0.1, 0.15) is 18.5 Å². The molecule has 1 fully saturated rings. The number of hydrogen-bond donors (Lipinski definition) is 1. The van der Waals surface area contributed by atoms with Crippen molar-refractivity contribution in [2.45, 2.75) is 12.8 Å². The SMILES string of the molecule is N#Cc1cccc(NCC(=O)N2CCCC2)n1. The van der Waals surface area contributed by atoms with Crippen molar-refractivity contribution < 1.29 is 4.79 Å². The molecule has 0 spiro atoms. The Morgan fingerprint density at radius 1 is 1.47 bits per heavy atom. The van der Waals surface area contributed by atoms with Crippen LogP contribution in [0.3, 0.4) is 0 Å². The third-order valence-corrected chi connectivity index (χ3v) is 2.74. The third-order valence-electron chi connectivity index (χ3n) is 2.74. The van der Waals surface area contributed by atoms with Crippen molar-refractivity contribution in [1.29, 1.82) is 5.26 Å². The van der Waals surface area contributed by atoms with Crippen LogP contribution in [0.4, 0.5) is 5.82 Å². The van der Waals surface area contributed by atoms with Crippen LogP contribution in [-0.4, -0.2) is 35.4 Å². The topological polar surface area (TPSA) is 69.0 Å². The van der Waals surface area contributed by atoms with E-state index < -0.39 is 0 Å². The monoisotopic (exact) mass is 230 g/mol. The molecular formula is C12H14N4O. The van der Waals surface area contributed by atoms with Crippen LogP contribution in [0.2, 0.25) is 0 Å². The van der Waals surface area contributed by atoms with Gasteiger partial charge in [-0.05, 0) is 25.0 Å². The molecule has 0 aromatic carbocycles. The van der Waals surface area contributed by atoms with Gasteiger partial charge in [-0.2, -0.15) is 5.26 Å². The van der Waals surface area contributed by atoms with Crippen LogP contribution in [0.5, 0.6) is 0 Å². The standard InChI is InChI=1S/C12H14N4O/c13-8-10-4-3-5-11(15-10)14-9-12(17)16-6-1-2-7-16/h3-5H,1-2,6-7,9H2,(H,14,15). The van der Waals surface area contributed by atoms with Crippen molar-refractivity contribution in [2.24, 2.45) is 0 Å².